The Morgan fingerprint density at radius 2 is 2.14 bits per heavy atom. The highest BCUT2D eigenvalue weighted by molar-refractivity contribution is 9.10. The summed E-state index contributed by atoms with van der Waals surface area (Å²) < 4.78 is 5.92. The number of ether oxygens (including phenoxy) is 1. The Bertz CT molecular complexity index is 617. The lowest BCUT2D eigenvalue weighted by Gasteiger charge is -2.42. The van der Waals surface area contributed by atoms with Crippen LogP contribution in [0, 0.1) is 10.1 Å². The van der Waals surface area contributed by atoms with Gasteiger partial charge in [-0.1, -0.05) is 0 Å². The predicted octanol–water partition coefficient (Wildman–Crippen LogP) is 2.07. The molecule has 7 nitrogen and oxygen atoms in total. The topological polar surface area (TPSA) is 102 Å². The first-order chi connectivity index (χ1) is 9.63. The Kier molecular flexibility index (Phi) is 3.94. The van der Waals surface area contributed by atoms with Crippen molar-refractivity contribution in [3.8, 4) is 5.75 Å². The third-order valence-corrected chi connectivity index (χ3v) is 4.01. The summed E-state index contributed by atoms with van der Waals surface area (Å²) in [6.45, 7) is 4.65. The van der Waals surface area contributed by atoms with Crippen molar-refractivity contribution in [2.45, 2.75) is 38.5 Å². The summed E-state index contributed by atoms with van der Waals surface area (Å²) in [5.41, 5.74) is -0.626. The van der Waals surface area contributed by atoms with Gasteiger partial charge in [0.15, 0.2) is 0 Å². The lowest BCUT2D eigenvalue weighted by atomic mass is 9.86. The standard InChI is InChI=1S/C13H15BrN2O5/c1-6(17)15-11-7-4-8(14)9(16(19)20)5-10(7)21-13(2,3)12(11)18/h4-5,11-12,18H,1-3H3,(H,15,17)/t11?,12-/m0/s1. The molecular formula is C13H15BrN2O5. The van der Waals surface area contributed by atoms with E-state index in [9.17, 15) is 20.0 Å². The normalized spacial score (nSPS) is 22.9. The van der Waals surface area contributed by atoms with Gasteiger partial charge < -0.3 is 15.2 Å². The highest BCUT2D eigenvalue weighted by atomic mass is 79.9. The van der Waals surface area contributed by atoms with Crippen LogP contribution in [0.4, 0.5) is 5.69 Å². The molecule has 0 saturated carbocycles. The van der Waals surface area contributed by atoms with Crippen LogP contribution in [-0.2, 0) is 4.79 Å². The number of aliphatic hydroxyl groups is 1. The minimum atomic E-state index is -0.984. The summed E-state index contributed by atoms with van der Waals surface area (Å²) in [5, 5.41) is 24.0. The summed E-state index contributed by atoms with van der Waals surface area (Å²) in [6, 6.07) is 2.09. The molecule has 0 aromatic heterocycles. The number of rotatable bonds is 2. The summed E-state index contributed by atoms with van der Waals surface area (Å²) >= 11 is 3.13. The molecule has 1 aromatic carbocycles. The number of carbonyl (C=O) groups is 1. The predicted molar refractivity (Wildman–Crippen MR) is 78.1 cm³/mol. The third kappa shape index (κ3) is 2.86. The minimum absolute atomic E-state index is 0.137. The molecule has 0 aliphatic carbocycles. The molecule has 21 heavy (non-hydrogen) atoms. The van der Waals surface area contributed by atoms with Gasteiger partial charge in [-0.3, -0.25) is 14.9 Å². The van der Waals surface area contributed by atoms with E-state index >= 15 is 0 Å². The van der Waals surface area contributed by atoms with Gasteiger partial charge in [0.1, 0.15) is 17.5 Å². The van der Waals surface area contributed by atoms with Crippen molar-refractivity contribution in [2.24, 2.45) is 0 Å². The van der Waals surface area contributed by atoms with Gasteiger partial charge in [-0.15, -0.1) is 0 Å². The number of nitrogens with zero attached hydrogens (tertiary/aromatic N) is 1. The zero-order valence-electron chi connectivity index (χ0n) is 11.7. The van der Waals surface area contributed by atoms with Crippen molar-refractivity contribution in [3.63, 3.8) is 0 Å². The number of aliphatic hydroxyl groups excluding tert-OH is 1. The van der Waals surface area contributed by atoms with Crippen molar-refractivity contribution < 1.29 is 19.6 Å². The van der Waals surface area contributed by atoms with Crippen molar-refractivity contribution in [2.75, 3.05) is 0 Å². The molecule has 1 unspecified atom stereocenters. The molecule has 1 aliphatic heterocycles. The van der Waals surface area contributed by atoms with E-state index in [1.165, 1.54) is 19.1 Å². The van der Waals surface area contributed by atoms with Crippen LogP contribution in [0.15, 0.2) is 16.6 Å². The van der Waals surface area contributed by atoms with Gasteiger partial charge in [-0.2, -0.15) is 0 Å². The number of nitro benzene ring substituents is 1. The SMILES string of the molecule is CC(=O)NC1c2cc(Br)c([N+](=O)[O-])cc2OC(C)(C)[C@H]1O. The van der Waals surface area contributed by atoms with Crippen LogP contribution in [-0.4, -0.2) is 27.6 Å². The van der Waals surface area contributed by atoms with Crippen LogP contribution >= 0.6 is 15.9 Å². The fourth-order valence-corrected chi connectivity index (χ4v) is 2.83. The molecule has 0 fully saturated rings. The molecule has 114 valence electrons. The van der Waals surface area contributed by atoms with Gasteiger partial charge in [-0.05, 0) is 35.8 Å². The quantitative estimate of drug-likeness (QED) is 0.622. The first-order valence-electron chi connectivity index (χ1n) is 6.25. The van der Waals surface area contributed by atoms with E-state index in [1.54, 1.807) is 13.8 Å². The monoisotopic (exact) mass is 358 g/mol. The minimum Gasteiger partial charge on any atom is -0.484 e. The zero-order valence-corrected chi connectivity index (χ0v) is 13.3. The van der Waals surface area contributed by atoms with E-state index < -0.39 is 22.7 Å². The molecule has 8 heteroatoms. The van der Waals surface area contributed by atoms with E-state index in [2.05, 4.69) is 21.2 Å². The van der Waals surface area contributed by atoms with Gasteiger partial charge in [0.05, 0.1) is 21.5 Å². The second-order valence-corrected chi connectivity index (χ2v) is 6.28. The number of benzene rings is 1. The number of hydrogen-bond donors (Lipinski definition) is 2. The van der Waals surface area contributed by atoms with E-state index in [4.69, 9.17) is 4.74 Å². The molecule has 1 heterocycles. The fourth-order valence-electron chi connectivity index (χ4n) is 2.32. The van der Waals surface area contributed by atoms with Crippen molar-refractivity contribution >= 4 is 27.5 Å². The van der Waals surface area contributed by atoms with E-state index in [1.807, 2.05) is 0 Å². The zero-order chi connectivity index (χ0) is 15.9. The molecule has 2 N–H and O–H groups in total. The Morgan fingerprint density at radius 1 is 1.52 bits per heavy atom. The molecular weight excluding hydrogens is 344 g/mol. The summed E-state index contributed by atoms with van der Waals surface area (Å²) in [7, 11) is 0. The second-order valence-electron chi connectivity index (χ2n) is 5.43. The Labute approximate surface area is 129 Å². The first kappa shape index (κ1) is 15.7. The summed E-state index contributed by atoms with van der Waals surface area (Å²) in [6.07, 6.45) is -0.984. The third-order valence-electron chi connectivity index (χ3n) is 3.37. The molecule has 1 aliphatic rings. The average Bonchev–Trinajstić information content (AvgIpc) is 2.34. The number of carbonyl (C=O) groups excluding carboxylic acids is 1. The first-order valence-corrected chi connectivity index (χ1v) is 7.05. The maximum atomic E-state index is 11.4. The number of nitrogens with one attached hydrogen (secondary N) is 1. The smallest absolute Gasteiger partial charge is 0.287 e. The largest absolute Gasteiger partial charge is 0.484 e. The molecule has 0 spiro atoms. The lowest BCUT2D eigenvalue weighted by molar-refractivity contribution is -0.385. The number of halogens is 1. The average molecular weight is 359 g/mol. The van der Waals surface area contributed by atoms with E-state index in [-0.39, 0.29) is 21.8 Å². The van der Waals surface area contributed by atoms with Crippen LogP contribution in [0.5, 0.6) is 5.75 Å². The summed E-state index contributed by atoms with van der Waals surface area (Å²) in [5.74, 6) is -0.0314. The molecule has 1 amide bonds. The lowest BCUT2D eigenvalue weighted by Crippen LogP contribution is -2.53. The summed E-state index contributed by atoms with van der Waals surface area (Å²) in [4.78, 5) is 21.8. The van der Waals surface area contributed by atoms with Gasteiger partial charge in [0, 0.05) is 12.5 Å². The van der Waals surface area contributed by atoms with Gasteiger partial charge in [-0.25, -0.2) is 0 Å². The van der Waals surface area contributed by atoms with Crippen molar-refractivity contribution in [1.82, 2.24) is 5.32 Å². The van der Waals surface area contributed by atoms with Gasteiger partial charge >= 0.3 is 0 Å². The van der Waals surface area contributed by atoms with E-state index in [0.29, 0.717) is 5.56 Å². The van der Waals surface area contributed by atoms with Crippen LogP contribution < -0.4 is 10.1 Å². The van der Waals surface area contributed by atoms with E-state index in [0.717, 1.165) is 0 Å². The molecule has 0 bridgehead atoms. The van der Waals surface area contributed by atoms with Crippen LogP contribution in [0.2, 0.25) is 0 Å². The van der Waals surface area contributed by atoms with Crippen molar-refractivity contribution in [1.29, 1.82) is 0 Å². The molecule has 2 rings (SSSR count). The van der Waals surface area contributed by atoms with Gasteiger partial charge in [0.25, 0.3) is 5.69 Å². The van der Waals surface area contributed by atoms with Gasteiger partial charge in [0.2, 0.25) is 5.91 Å². The highest BCUT2D eigenvalue weighted by Crippen LogP contribution is 2.44. The highest BCUT2D eigenvalue weighted by Gasteiger charge is 2.44. The Hall–Kier alpha value is -1.67. The molecule has 0 radical (unpaired) electrons. The van der Waals surface area contributed by atoms with Crippen LogP contribution in [0.1, 0.15) is 32.4 Å². The van der Waals surface area contributed by atoms with Crippen LogP contribution in [0.3, 0.4) is 0 Å². The molecule has 1 aromatic rings. The Morgan fingerprint density at radius 3 is 2.67 bits per heavy atom. The maximum absolute atomic E-state index is 11.4. The van der Waals surface area contributed by atoms with Crippen LogP contribution in [0.25, 0.3) is 0 Å². The number of fused-ring (bicyclic) bond motifs is 1. The number of amides is 1. The maximum Gasteiger partial charge on any atom is 0.287 e. The number of nitro groups is 1. The molecule has 0 saturated heterocycles. The number of hydrogen-bond acceptors (Lipinski definition) is 5. The van der Waals surface area contributed by atoms with Crippen molar-refractivity contribution in [3.05, 3.63) is 32.3 Å². The second kappa shape index (κ2) is 5.27. The fraction of sp³-hybridized carbons (Fsp3) is 0.462. The Balaban J connectivity index is 2.59. The molecule has 2 atom stereocenters.